The molecular weight excluding hydrogens is 464 g/mol. The first-order valence-corrected chi connectivity index (χ1v) is 12.3. The lowest BCUT2D eigenvalue weighted by atomic mass is 9.90. The largest absolute Gasteiger partial charge is 0.481 e. The van der Waals surface area contributed by atoms with Crippen molar-refractivity contribution in [2.24, 2.45) is 5.92 Å². The summed E-state index contributed by atoms with van der Waals surface area (Å²) in [6, 6.07) is 14.9. The van der Waals surface area contributed by atoms with Gasteiger partial charge in [0.25, 0.3) is 0 Å². The molecule has 5 atom stereocenters. The minimum atomic E-state index is -1.01. The van der Waals surface area contributed by atoms with Crippen molar-refractivity contribution in [2.45, 2.75) is 57.4 Å². The number of nitrogens with zero attached hydrogens (tertiary/aromatic N) is 1. The predicted molar refractivity (Wildman–Crippen MR) is 132 cm³/mol. The molecule has 4 rings (SSSR count). The molecule has 1 amide bonds. The summed E-state index contributed by atoms with van der Waals surface area (Å²) in [6.07, 6.45) is -0.854. The van der Waals surface area contributed by atoms with Gasteiger partial charge in [0.1, 0.15) is 0 Å². The maximum absolute atomic E-state index is 12.0. The average molecular weight is 499 g/mol. The Hall–Kier alpha value is -2.82. The number of carbonyl (C=O) groups excluding carboxylic acids is 1. The van der Waals surface area contributed by atoms with E-state index in [1.165, 1.54) is 0 Å². The minimum absolute atomic E-state index is 0.0216. The maximum atomic E-state index is 12.0. The summed E-state index contributed by atoms with van der Waals surface area (Å²) in [7, 11) is 0. The molecule has 0 spiro atoms. The van der Waals surface area contributed by atoms with Crippen LogP contribution in [0.2, 0.25) is 0 Å². The van der Waals surface area contributed by atoms with Crippen LogP contribution in [0.5, 0.6) is 0 Å². The van der Waals surface area contributed by atoms with Gasteiger partial charge in [0.2, 0.25) is 5.91 Å². The van der Waals surface area contributed by atoms with E-state index in [4.69, 9.17) is 14.6 Å². The fourth-order valence-electron chi connectivity index (χ4n) is 4.73. The van der Waals surface area contributed by atoms with Crippen molar-refractivity contribution >= 4 is 17.6 Å². The summed E-state index contributed by atoms with van der Waals surface area (Å²) in [5.74, 6) is -1.32. The lowest BCUT2D eigenvalue weighted by molar-refractivity contribution is -0.276. The van der Waals surface area contributed by atoms with Gasteiger partial charge >= 0.3 is 5.97 Å². The average Bonchev–Trinajstić information content (AvgIpc) is 3.29. The molecule has 0 aliphatic carbocycles. The van der Waals surface area contributed by atoms with E-state index in [0.29, 0.717) is 18.8 Å². The van der Waals surface area contributed by atoms with Crippen LogP contribution in [0.15, 0.2) is 48.5 Å². The van der Waals surface area contributed by atoms with Crippen molar-refractivity contribution in [2.75, 3.05) is 25.0 Å². The summed E-state index contributed by atoms with van der Waals surface area (Å²) in [4.78, 5) is 24.8. The number of carboxylic acid groups (broad SMARTS) is 1. The topological polar surface area (TPSA) is 129 Å². The van der Waals surface area contributed by atoms with Crippen LogP contribution >= 0.6 is 0 Å². The summed E-state index contributed by atoms with van der Waals surface area (Å²) in [5, 5.41) is 30.8. The molecule has 4 N–H and O–H groups in total. The summed E-state index contributed by atoms with van der Waals surface area (Å²) < 4.78 is 12.9. The second-order valence-electron chi connectivity index (χ2n) is 9.59. The Morgan fingerprint density at radius 2 is 1.72 bits per heavy atom. The van der Waals surface area contributed by atoms with E-state index in [-0.39, 0.29) is 49.6 Å². The van der Waals surface area contributed by atoms with Crippen LogP contribution in [0.25, 0.3) is 0 Å². The number of carbonyl (C=O) groups is 2. The Morgan fingerprint density at radius 1 is 1.03 bits per heavy atom. The third kappa shape index (κ3) is 6.68. The first kappa shape index (κ1) is 26.2. The highest BCUT2D eigenvalue weighted by molar-refractivity contribution is 5.92. The SMILES string of the molecule is C[C@@H]1[C@H](CN2CC[C@H](O)C2)O[C@H](c2ccc(NC(=O)CCC(=O)O)cc2)O[C@@H]1c1ccc(CO)cc1. The Labute approximate surface area is 210 Å². The van der Waals surface area contributed by atoms with Crippen molar-refractivity contribution in [3.63, 3.8) is 0 Å². The molecule has 9 nitrogen and oxygen atoms in total. The number of likely N-dealkylation sites (tertiary alicyclic amines) is 1. The molecule has 36 heavy (non-hydrogen) atoms. The van der Waals surface area contributed by atoms with E-state index in [2.05, 4.69) is 17.1 Å². The number of benzene rings is 2. The number of ether oxygens (including phenoxy) is 2. The number of aliphatic hydroxyl groups excluding tert-OH is 2. The van der Waals surface area contributed by atoms with Crippen molar-refractivity contribution < 1.29 is 34.4 Å². The van der Waals surface area contributed by atoms with Gasteiger partial charge in [-0.15, -0.1) is 0 Å². The second-order valence-corrected chi connectivity index (χ2v) is 9.59. The van der Waals surface area contributed by atoms with Gasteiger partial charge in [0.15, 0.2) is 6.29 Å². The molecule has 0 aromatic heterocycles. The zero-order valence-corrected chi connectivity index (χ0v) is 20.4. The number of anilines is 1. The number of aliphatic carboxylic acids is 1. The van der Waals surface area contributed by atoms with Crippen LogP contribution in [0.1, 0.15) is 55.3 Å². The molecule has 2 aromatic carbocycles. The highest BCUT2D eigenvalue weighted by Crippen LogP contribution is 2.42. The zero-order chi connectivity index (χ0) is 25.7. The van der Waals surface area contributed by atoms with Crippen molar-refractivity contribution in [1.29, 1.82) is 0 Å². The zero-order valence-electron chi connectivity index (χ0n) is 20.4. The molecule has 9 heteroatoms. The Bertz CT molecular complexity index is 1030. The molecule has 0 unspecified atom stereocenters. The number of nitrogens with one attached hydrogen (secondary N) is 1. The fraction of sp³-hybridized carbons (Fsp3) is 0.481. The number of rotatable bonds is 9. The second kappa shape index (κ2) is 11.9. The molecule has 194 valence electrons. The number of hydrogen-bond acceptors (Lipinski definition) is 7. The van der Waals surface area contributed by atoms with Crippen LogP contribution in [0, 0.1) is 5.92 Å². The van der Waals surface area contributed by atoms with Crippen molar-refractivity contribution in [3.05, 3.63) is 65.2 Å². The van der Waals surface area contributed by atoms with Crippen LogP contribution in [-0.4, -0.2) is 63.9 Å². The van der Waals surface area contributed by atoms with Crippen LogP contribution < -0.4 is 5.32 Å². The summed E-state index contributed by atoms with van der Waals surface area (Å²) in [6.45, 7) is 4.22. The maximum Gasteiger partial charge on any atom is 0.303 e. The summed E-state index contributed by atoms with van der Waals surface area (Å²) >= 11 is 0. The molecule has 0 saturated carbocycles. The first-order valence-electron chi connectivity index (χ1n) is 12.3. The predicted octanol–water partition coefficient (Wildman–Crippen LogP) is 2.84. The molecule has 2 saturated heterocycles. The van der Waals surface area contributed by atoms with E-state index in [1.807, 2.05) is 36.4 Å². The fourth-order valence-corrected chi connectivity index (χ4v) is 4.73. The number of carboxylic acids is 1. The standard InChI is InChI=1S/C27H34N2O7/c1-17-23(15-29-13-12-22(31)14-29)35-27(36-26(17)19-4-2-18(16-30)3-5-19)20-6-8-21(9-7-20)28-24(32)10-11-25(33)34/h2-9,17,22-23,26-27,30-31H,10-16H2,1H3,(H,28,32)(H,33,34)/t17-,22+,23+,26+,27+/m1/s1. The van der Waals surface area contributed by atoms with Gasteiger partial charge in [-0.25, -0.2) is 0 Å². The lowest BCUT2D eigenvalue weighted by Crippen LogP contribution is -2.44. The van der Waals surface area contributed by atoms with E-state index < -0.39 is 12.3 Å². The highest BCUT2D eigenvalue weighted by atomic mass is 16.7. The molecule has 2 fully saturated rings. The van der Waals surface area contributed by atoms with Gasteiger partial charge in [0, 0.05) is 43.2 Å². The third-order valence-corrected chi connectivity index (χ3v) is 6.84. The molecule has 2 aliphatic rings. The van der Waals surface area contributed by atoms with Gasteiger partial charge in [-0.05, 0) is 29.7 Å². The van der Waals surface area contributed by atoms with Gasteiger partial charge in [-0.1, -0.05) is 43.3 Å². The van der Waals surface area contributed by atoms with E-state index >= 15 is 0 Å². The van der Waals surface area contributed by atoms with Crippen LogP contribution in [-0.2, 0) is 25.7 Å². The van der Waals surface area contributed by atoms with E-state index in [9.17, 15) is 19.8 Å². The Balaban J connectivity index is 1.50. The smallest absolute Gasteiger partial charge is 0.303 e. The van der Waals surface area contributed by atoms with Crippen molar-refractivity contribution in [1.82, 2.24) is 4.90 Å². The molecular formula is C27H34N2O7. The van der Waals surface area contributed by atoms with Crippen LogP contribution in [0.3, 0.4) is 0 Å². The molecule has 2 aliphatic heterocycles. The first-order chi connectivity index (χ1) is 17.3. The van der Waals surface area contributed by atoms with Gasteiger partial charge in [-0.3, -0.25) is 14.5 Å². The quantitative estimate of drug-likeness (QED) is 0.416. The van der Waals surface area contributed by atoms with E-state index in [1.54, 1.807) is 12.1 Å². The monoisotopic (exact) mass is 498 g/mol. The molecule has 2 aromatic rings. The molecule has 2 heterocycles. The van der Waals surface area contributed by atoms with Crippen LogP contribution in [0.4, 0.5) is 5.69 Å². The molecule has 0 radical (unpaired) electrons. The lowest BCUT2D eigenvalue weighted by Gasteiger charge is -2.42. The molecule has 0 bridgehead atoms. The van der Waals surface area contributed by atoms with Crippen molar-refractivity contribution in [3.8, 4) is 0 Å². The van der Waals surface area contributed by atoms with E-state index in [0.717, 1.165) is 29.7 Å². The number of β-amino-alcohol motifs (C(OH)–C–C–N with tert-alkyl or cyclic N) is 1. The summed E-state index contributed by atoms with van der Waals surface area (Å²) in [5.41, 5.74) is 3.20. The van der Waals surface area contributed by atoms with Gasteiger partial charge < -0.3 is 30.1 Å². The number of hydrogen-bond donors (Lipinski definition) is 4. The Kier molecular flexibility index (Phi) is 8.71. The normalized spacial score (nSPS) is 26.6. The minimum Gasteiger partial charge on any atom is -0.481 e. The third-order valence-electron chi connectivity index (χ3n) is 6.84. The number of aliphatic hydroxyl groups is 2. The van der Waals surface area contributed by atoms with Gasteiger partial charge in [0.05, 0.1) is 31.3 Å². The Morgan fingerprint density at radius 3 is 2.33 bits per heavy atom. The highest BCUT2D eigenvalue weighted by Gasteiger charge is 2.39. The van der Waals surface area contributed by atoms with Gasteiger partial charge in [-0.2, -0.15) is 0 Å². The number of amides is 1.